The number of carbonyl (C=O) groups excluding carboxylic acids is 1. The van der Waals surface area contributed by atoms with Gasteiger partial charge in [0.15, 0.2) is 0 Å². The maximum Gasteiger partial charge on any atom is 0.225 e. The van der Waals surface area contributed by atoms with Gasteiger partial charge in [0, 0.05) is 29.4 Å². The van der Waals surface area contributed by atoms with E-state index in [1.165, 1.54) is 0 Å². The highest BCUT2D eigenvalue weighted by atomic mass is 16.3. The molecule has 1 amide bonds. The number of amides is 1. The van der Waals surface area contributed by atoms with Crippen molar-refractivity contribution in [2.75, 3.05) is 11.9 Å². The first-order valence-electron chi connectivity index (χ1n) is 6.19. The molecule has 0 saturated heterocycles. The van der Waals surface area contributed by atoms with Gasteiger partial charge in [-0.2, -0.15) is 0 Å². The molecule has 19 heavy (non-hydrogen) atoms. The van der Waals surface area contributed by atoms with Gasteiger partial charge < -0.3 is 15.5 Å². The zero-order chi connectivity index (χ0) is 13.2. The first-order valence-corrected chi connectivity index (χ1v) is 6.19. The normalized spacial score (nSPS) is 11.0. The quantitative estimate of drug-likeness (QED) is 0.755. The third kappa shape index (κ3) is 2.18. The number of para-hydroxylation sites is 1. The molecule has 0 fully saturated rings. The second kappa shape index (κ2) is 4.74. The van der Waals surface area contributed by atoms with Crippen LogP contribution < -0.4 is 11.1 Å². The molecule has 0 unspecified atom stereocenters. The van der Waals surface area contributed by atoms with E-state index < -0.39 is 0 Å². The minimum atomic E-state index is -0.0744. The second-order valence-electron chi connectivity index (χ2n) is 4.40. The molecule has 0 atom stereocenters. The summed E-state index contributed by atoms with van der Waals surface area (Å²) in [6, 6.07) is 13.5. The van der Waals surface area contributed by atoms with Crippen molar-refractivity contribution in [3.05, 3.63) is 42.5 Å². The van der Waals surface area contributed by atoms with Gasteiger partial charge in [-0.15, -0.1) is 0 Å². The Kier molecular flexibility index (Phi) is 2.93. The molecule has 3 aromatic rings. The monoisotopic (exact) mass is 254 g/mol. The van der Waals surface area contributed by atoms with Crippen LogP contribution in [0.15, 0.2) is 46.9 Å². The molecule has 96 valence electrons. The molecule has 2 aromatic carbocycles. The largest absolute Gasteiger partial charge is 0.456 e. The molecule has 0 bridgehead atoms. The molecule has 0 saturated carbocycles. The van der Waals surface area contributed by atoms with Crippen LogP contribution in [0.25, 0.3) is 21.9 Å². The predicted octanol–water partition coefficient (Wildman–Crippen LogP) is 2.87. The van der Waals surface area contributed by atoms with Crippen molar-refractivity contribution < 1.29 is 9.21 Å². The van der Waals surface area contributed by atoms with E-state index in [1.54, 1.807) is 0 Å². The lowest BCUT2D eigenvalue weighted by molar-refractivity contribution is -0.116. The molecular formula is C15H14N2O2. The van der Waals surface area contributed by atoms with Crippen molar-refractivity contribution in [1.82, 2.24) is 0 Å². The Morgan fingerprint density at radius 1 is 1.11 bits per heavy atom. The minimum Gasteiger partial charge on any atom is -0.456 e. The van der Waals surface area contributed by atoms with Crippen LogP contribution in [0.1, 0.15) is 6.42 Å². The summed E-state index contributed by atoms with van der Waals surface area (Å²) in [4.78, 5) is 11.5. The SMILES string of the molecule is NCCC(=O)Nc1ccc2oc3ccccc3c2c1. The van der Waals surface area contributed by atoms with Crippen LogP contribution in [0.5, 0.6) is 0 Å². The molecule has 1 heterocycles. The van der Waals surface area contributed by atoms with Gasteiger partial charge >= 0.3 is 0 Å². The summed E-state index contributed by atoms with van der Waals surface area (Å²) in [5.74, 6) is -0.0744. The zero-order valence-electron chi connectivity index (χ0n) is 10.3. The van der Waals surface area contributed by atoms with E-state index in [0.717, 1.165) is 27.6 Å². The van der Waals surface area contributed by atoms with Crippen molar-refractivity contribution in [2.45, 2.75) is 6.42 Å². The standard InChI is InChI=1S/C15H14N2O2/c16-8-7-15(18)17-10-5-6-14-12(9-10)11-3-1-2-4-13(11)19-14/h1-6,9H,7-8,16H2,(H,17,18). The molecule has 3 N–H and O–H groups in total. The Morgan fingerprint density at radius 2 is 1.89 bits per heavy atom. The molecule has 4 nitrogen and oxygen atoms in total. The summed E-state index contributed by atoms with van der Waals surface area (Å²) in [6.07, 6.45) is 0.324. The minimum absolute atomic E-state index is 0.0744. The number of carbonyl (C=O) groups is 1. The van der Waals surface area contributed by atoms with E-state index in [-0.39, 0.29) is 5.91 Å². The zero-order valence-corrected chi connectivity index (χ0v) is 10.3. The molecule has 3 rings (SSSR count). The smallest absolute Gasteiger partial charge is 0.225 e. The number of rotatable bonds is 3. The summed E-state index contributed by atoms with van der Waals surface area (Å²) in [5, 5.41) is 4.88. The lowest BCUT2D eigenvalue weighted by atomic mass is 10.1. The van der Waals surface area contributed by atoms with Crippen molar-refractivity contribution in [1.29, 1.82) is 0 Å². The van der Waals surface area contributed by atoms with Gasteiger partial charge in [0.2, 0.25) is 5.91 Å². The fraction of sp³-hybridized carbons (Fsp3) is 0.133. The van der Waals surface area contributed by atoms with Gasteiger partial charge in [-0.1, -0.05) is 18.2 Å². The van der Waals surface area contributed by atoms with Crippen molar-refractivity contribution in [2.24, 2.45) is 5.73 Å². The van der Waals surface area contributed by atoms with Crippen LogP contribution in [0.2, 0.25) is 0 Å². The highest BCUT2D eigenvalue weighted by molar-refractivity contribution is 6.06. The lowest BCUT2D eigenvalue weighted by Crippen LogP contribution is -2.15. The second-order valence-corrected chi connectivity index (χ2v) is 4.40. The van der Waals surface area contributed by atoms with E-state index in [1.807, 2.05) is 42.5 Å². The molecule has 0 radical (unpaired) electrons. The van der Waals surface area contributed by atoms with E-state index in [9.17, 15) is 4.79 Å². The van der Waals surface area contributed by atoms with E-state index >= 15 is 0 Å². The number of nitrogens with one attached hydrogen (secondary N) is 1. The lowest BCUT2D eigenvalue weighted by Gasteiger charge is -2.03. The summed E-state index contributed by atoms with van der Waals surface area (Å²) < 4.78 is 5.73. The Bertz CT molecular complexity index is 746. The van der Waals surface area contributed by atoms with Gasteiger partial charge in [-0.25, -0.2) is 0 Å². The Hall–Kier alpha value is -2.33. The highest BCUT2D eigenvalue weighted by Crippen LogP contribution is 2.30. The average Bonchev–Trinajstić information content (AvgIpc) is 2.77. The van der Waals surface area contributed by atoms with Crippen LogP contribution in [0.4, 0.5) is 5.69 Å². The Morgan fingerprint density at radius 3 is 2.74 bits per heavy atom. The van der Waals surface area contributed by atoms with Crippen LogP contribution in [-0.4, -0.2) is 12.5 Å². The fourth-order valence-electron chi connectivity index (χ4n) is 2.16. The fourth-order valence-corrected chi connectivity index (χ4v) is 2.16. The number of hydrogen-bond donors (Lipinski definition) is 2. The molecule has 4 heteroatoms. The van der Waals surface area contributed by atoms with Crippen molar-refractivity contribution in [3.8, 4) is 0 Å². The van der Waals surface area contributed by atoms with Gasteiger partial charge in [0.25, 0.3) is 0 Å². The number of fused-ring (bicyclic) bond motifs is 3. The predicted molar refractivity (Wildman–Crippen MR) is 76.0 cm³/mol. The molecule has 0 aliphatic carbocycles. The summed E-state index contributed by atoms with van der Waals surface area (Å²) in [5.41, 5.74) is 7.78. The first kappa shape index (κ1) is 11.7. The average molecular weight is 254 g/mol. The molecule has 1 aromatic heterocycles. The van der Waals surface area contributed by atoms with Crippen LogP contribution in [-0.2, 0) is 4.79 Å². The maximum absolute atomic E-state index is 11.5. The van der Waals surface area contributed by atoms with E-state index in [0.29, 0.717) is 13.0 Å². The first-order chi connectivity index (χ1) is 9.28. The van der Waals surface area contributed by atoms with Crippen LogP contribution >= 0.6 is 0 Å². The summed E-state index contributed by atoms with van der Waals surface area (Å²) in [7, 11) is 0. The number of hydrogen-bond acceptors (Lipinski definition) is 3. The third-order valence-corrected chi connectivity index (χ3v) is 3.03. The third-order valence-electron chi connectivity index (χ3n) is 3.03. The molecular weight excluding hydrogens is 240 g/mol. The number of nitrogens with two attached hydrogens (primary N) is 1. The number of anilines is 1. The van der Waals surface area contributed by atoms with Gasteiger partial charge in [0.05, 0.1) is 0 Å². The highest BCUT2D eigenvalue weighted by Gasteiger charge is 2.08. The topological polar surface area (TPSA) is 68.3 Å². The summed E-state index contributed by atoms with van der Waals surface area (Å²) in [6.45, 7) is 0.350. The molecule has 0 spiro atoms. The van der Waals surface area contributed by atoms with Crippen LogP contribution in [0, 0.1) is 0 Å². The van der Waals surface area contributed by atoms with Crippen LogP contribution in [0.3, 0.4) is 0 Å². The van der Waals surface area contributed by atoms with E-state index in [4.69, 9.17) is 10.2 Å². The number of furan rings is 1. The Balaban J connectivity index is 2.04. The molecule has 0 aliphatic heterocycles. The molecule has 0 aliphatic rings. The van der Waals surface area contributed by atoms with E-state index in [2.05, 4.69) is 5.32 Å². The van der Waals surface area contributed by atoms with Crippen molar-refractivity contribution in [3.63, 3.8) is 0 Å². The summed E-state index contributed by atoms with van der Waals surface area (Å²) >= 11 is 0. The van der Waals surface area contributed by atoms with Crippen molar-refractivity contribution >= 4 is 33.5 Å². The maximum atomic E-state index is 11.5. The van der Waals surface area contributed by atoms with Gasteiger partial charge in [-0.3, -0.25) is 4.79 Å². The van der Waals surface area contributed by atoms with Gasteiger partial charge in [-0.05, 0) is 24.3 Å². The number of benzene rings is 2. The van der Waals surface area contributed by atoms with Gasteiger partial charge in [0.1, 0.15) is 11.2 Å². The Labute approximate surface area is 110 Å².